The van der Waals surface area contributed by atoms with Crippen LogP contribution in [0.4, 0.5) is 0 Å². The number of fused-ring (bicyclic) bond motifs is 8. The molecule has 58 heavy (non-hydrogen) atoms. The molecular weight excluding hydrogens is 821 g/mol. The van der Waals surface area contributed by atoms with Crippen molar-refractivity contribution in [2.45, 2.75) is 62.3 Å². The minimum atomic E-state index is 0.895. The highest BCUT2D eigenvalue weighted by molar-refractivity contribution is 14.1. The lowest BCUT2D eigenvalue weighted by molar-refractivity contribution is 1.26. The predicted octanol–water partition coefficient (Wildman–Crippen LogP) is 14.7. The van der Waals surface area contributed by atoms with Crippen molar-refractivity contribution in [3.63, 3.8) is 0 Å². The first-order valence-corrected chi connectivity index (χ1v) is 21.1. The van der Waals surface area contributed by atoms with Crippen LogP contribution in [0.15, 0.2) is 84.9 Å². The van der Waals surface area contributed by atoms with E-state index in [1.807, 2.05) is 0 Å². The summed E-state index contributed by atoms with van der Waals surface area (Å²) in [4.78, 5) is 19.0. The zero-order valence-corrected chi connectivity index (χ0v) is 36.8. The number of rotatable bonds is 4. The maximum absolute atomic E-state index is 5.54. The largest absolute Gasteiger partial charge is 0.354 e. The molecule has 0 radical (unpaired) electrons. The summed E-state index contributed by atoms with van der Waals surface area (Å²) in [5, 5.41) is 0. The molecule has 2 N–H and O–H groups in total. The first-order chi connectivity index (χ1) is 27.8. The Balaban J connectivity index is 1.53. The van der Waals surface area contributed by atoms with Crippen molar-refractivity contribution in [2.75, 3.05) is 0 Å². The van der Waals surface area contributed by atoms with Crippen molar-refractivity contribution in [3.8, 4) is 44.5 Å². The van der Waals surface area contributed by atoms with Crippen LogP contribution in [0.2, 0.25) is 0 Å². The Morgan fingerprint density at radius 1 is 0.345 bits per heavy atom. The van der Waals surface area contributed by atoms with E-state index in [2.05, 4.69) is 204 Å². The fraction of sp³-hybridized carbons (Fsp3) is 0.170. The van der Waals surface area contributed by atoms with Gasteiger partial charge in [0.25, 0.3) is 0 Å². The number of hydrogen-bond acceptors (Lipinski definition) is 2. The summed E-state index contributed by atoms with van der Waals surface area (Å²) in [7, 11) is 0. The molecule has 2 aliphatic heterocycles. The summed E-state index contributed by atoms with van der Waals surface area (Å²) < 4.78 is 1.23. The van der Waals surface area contributed by atoms with Crippen molar-refractivity contribution in [1.29, 1.82) is 0 Å². The summed E-state index contributed by atoms with van der Waals surface area (Å²) in [6, 6.07) is 31.4. The van der Waals surface area contributed by atoms with Crippen LogP contribution in [-0.2, 0) is 0 Å². The molecule has 4 nitrogen and oxygen atoms in total. The molecule has 4 aromatic carbocycles. The van der Waals surface area contributed by atoms with Crippen LogP contribution in [0.3, 0.4) is 0 Å². The quantitative estimate of drug-likeness (QED) is 0.173. The summed E-state index contributed by atoms with van der Waals surface area (Å²) in [5.41, 5.74) is 27.8. The van der Waals surface area contributed by atoms with E-state index < -0.39 is 0 Å². The summed E-state index contributed by atoms with van der Waals surface area (Å²) in [6.45, 7) is 19.8. The van der Waals surface area contributed by atoms with Crippen LogP contribution in [0.5, 0.6) is 0 Å². The summed E-state index contributed by atoms with van der Waals surface area (Å²) >= 11 is 2.43. The van der Waals surface area contributed by atoms with Gasteiger partial charge in [0.05, 0.1) is 22.8 Å². The van der Waals surface area contributed by atoms with Crippen LogP contribution >= 0.6 is 22.6 Å². The average Bonchev–Trinajstić information content (AvgIpc) is 3.99. The molecule has 0 atom stereocenters. The van der Waals surface area contributed by atoms with Gasteiger partial charge in [0.1, 0.15) is 0 Å². The second kappa shape index (κ2) is 14.5. The lowest BCUT2D eigenvalue weighted by Gasteiger charge is -2.14. The average molecular weight is 868 g/mol. The van der Waals surface area contributed by atoms with Gasteiger partial charge in [-0.05, 0) is 201 Å². The van der Waals surface area contributed by atoms with Crippen LogP contribution in [0.1, 0.15) is 72.8 Å². The van der Waals surface area contributed by atoms with Crippen molar-refractivity contribution in [2.24, 2.45) is 0 Å². The van der Waals surface area contributed by atoms with Gasteiger partial charge in [0, 0.05) is 47.9 Å². The van der Waals surface area contributed by atoms with Crippen LogP contribution in [-0.4, -0.2) is 19.9 Å². The van der Waals surface area contributed by atoms with E-state index in [-0.39, 0.29) is 0 Å². The SMILES string of the molecule is Cc1ccc(-[13c]2c3nc(c(-c4c(C)cc(C)cc4C)c4ccc([nH]4)c(-c4c(C)cc(I)cc4C)c4ccc([nH]4)c(-c4c(C)cc(C)cc4C)c4nc2C=C4)C=C3)cc1. The lowest BCUT2D eigenvalue weighted by atomic mass is 9.92. The fourth-order valence-electron chi connectivity index (χ4n) is 9.47. The first kappa shape index (κ1) is 37.8. The molecule has 286 valence electrons. The van der Waals surface area contributed by atoms with Crippen molar-refractivity contribution < 1.29 is 0 Å². The van der Waals surface area contributed by atoms with E-state index in [1.54, 1.807) is 0 Å². The third kappa shape index (κ3) is 6.55. The van der Waals surface area contributed by atoms with Gasteiger partial charge in [0.2, 0.25) is 0 Å². The maximum Gasteiger partial charge on any atom is 0.0738 e. The highest BCUT2D eigenvalue weighted by Gasteiger charge is 2.22. The van der Waals surface area contributed by atoms with E-state index in [0.717, 1.165) is 72.7 Å². The molecule has 0 aliphatic carbocycles. The number of benzene rings is 4. The van der Waals surface area contributed by atoms with Gasteiger partial charge in [-0.3, -0.25) is 0 Å². The highest BCUT2D eigenvalue weighted by Crippen LogP contribution is 2.42. The van der Waals surface area contributed by atoms with Gasteiger partial charge < -0.3 is 9.97 Å². The third-order valence-corrected chi connectivity index (χ3v) is 12.3. The molecule has 0 spiro atoms. The molecule has 9 rings (SSSR count). The molecule has 0 amide bonds. The smallest absolute Gasteiger partial charge is 0.0738 e. The second-order valence-electron chi connectivity index (χ2n) is 16.3. The van der Waals surface area contributed by atoms with Crippen LogP contribution < -0.4 is 0 Å². The standard InChI is InChI=1S/C53H47IN4/c1-28-10-12-37(13-11-28)50-39-14-16-41(55-39)51(47-31(4)22-29(2)23-32(47)5)43-18-20-45(57-43)53(49-35(8)26-38(54)27-36(49)9)46-21-19-44(58-46)52(42-17-15-40(50)56-42)48-33(6)24-30(3)25-34(48)7/h10-27,57-58H,1-9H3/i50+1. The van der Waals surface area contributed by atoms with Crippen molar-refractivity contribution in [3.05, 3.63) is 161 Å². The molecule has 0 fully saturated rings. The lowest BCUT2D eigenvalue weighted by Crippen LogP contribution is -1.95. The first-order valence-electron chi connectivity index (χ1n) is 20.0. The Bertz CT molecular complexity index is 2870. The molecule has 5 heteroatoms. The van der Waals surface area contributed by atoms with Gasteiger partial charge in [-0.15, -0.1) is 0 Å². The molecular formula is C53H47IN4. The minimum absolute atomic E-state index is 0.895. The Labute approximate surface area is 355 Å². The Hall–Kier alpha value is -5.79. The second-order valence-corrected chi connectivity index (χ2v) is 17.6. The number of halogens is 1. The zero-order valence-electron chi connectivity index (χ0n) is 34.7. The molecule has 0 unspecified atom stereocenters. The Kier molecular flexibility index (Phi) is 9.47. The van der Waals surface area contributed by atoms with Gasteiger partial charge in [-0.1, -0.05) is 65.2 Å². The summed E-state index contributed by atoms with van der Waals surface area (Å²) in [6.07, 6.45) is 8.72. The van der Waals surface area contributed by atoms with Crippen molar-refractivity contribution in [1.82, 2.24) is 19.9 Å². The Morgan fingerprint density at radius 2 is 0.672 bits per heavy atom. The highest BCUT2D eigenvalue weighted by atomic mass is 127. The van der Waals surface area contributed by atoms with E-state index >= 15 is 0 Å². The minimum Gasteiger partial charge on any atom is -0.354 e. The molecule has 7 aromatic rings. The topological polar surface area (TPSA) is 57.4 Å². The van der Waals surface area contributed by atoms with Gasteiger partial charge in [0.15, 0.2) is 0 Å². The molecule has 2 aliphatic rings. The van der Waals surface area contributed by atoms with E-state index in [9.17, 15) is 0 Å². The van der Waals surface area contributed by atoms with E-state index in [4.69, 9.17) is 9.97 Å². The number of H-pyrrole nitrogens is 2. The number of aromatic amines is 2. The monoisotopic (exact) mass is 867 g/mol. The fourth-order valence-corrected chi connectivity index (χ4v) is 10.4. The van der Waals surface area contributed by atoms with E-state index in [1.165, 1.54) is 70.3 Å². The van der Waals surface area contributed by atoms with Gasteiger partial charge in [-0.2, -0.15) is 0 Å². The maximum atomic E-state index is 5.54. The van der Waals surface area contributed by atoms with Crippen LogP contribution in [0, 0.1) is 65.9 Å². The summed E-state index contributed by atoms with van der Waals surface area (Å²) in [5.74, 6) is 0. The van der Waals surface area contributed by atoms with Crippen LogP contribution in [0.25, 0.3) is 90.9 Å². The van der Waals surface area contributed by atoms with Crippen molar-refractivity contribution >= 4 is 69.0 Å². The molecule has 0 saturated heterocycles. The predicted molar refractivity (Wildman–Crippen MR) is 256 cm³/mol. The molecule has 3 aromatic heterocycles. The number of aryl methyl sites for hydroxylation is 9. The van der Waals surface area contributed by atoms with E-state index in [0.29, 0.717) is 0 Å². The third-order valence-electron chi connectivity index (χ3n) is 11.7. The molecule has 8 bridgehead atoms. The Morgan fingerprint density at radius 3 is 1.07 bits per heavy atom. The number of hydrogen-bond donors (Lipinski definition) is 2. The number of aromatic nitrogens is 4. The van der Waals surface area contributed by atoms with Gasteiger partial charge >= 0.3 is 0 Å². The molecule has 5 heterocycles. The number of nitrogens with one attached hydrogen (secondary N) is 2. The zero-order chi connectivity index (χ0) is 40.6. The van der Waals surface area contributed by atoms with Gasteiger partial charge in [-0.25, -0.2) is 9.97 Å². The normalized spacial score (nSPS) is 12.2. The molecule has 0 saturated carbocycles. The number of nitrogens with zero attached hydrogens (tertiary/aromatic N) is 2.